The van der Waals surface area contributed by atoms with E-state index in [2.05, 4.69) is 15.0 Å². The molecule has 114 valence electrons. The van der Waals surface area contributed by atoms with E-state index < -0.39 is 5.09 Å². The molecule has 1 aromatic rings. The van der Waals surface area contributed by atoms with Crippen LogP contribution in [0.2, 0.25) is 0 Å². The molecule has 1 aromatic carbocycles. The third kappa shape index (κ3) is 4.21. The maximum atomic E-state index is 10.6. The van der Waals surface area contributed by atoms with Crippen LogP contribution in [0.5, 0.6) is 17.2 Å². The molecule has 0 atom stereocenters. The molecule has 0 saturated heterocycles. The second-order valence-corrected chi connectivity index (χ2v) is 3.37. The van der Waals surface area contributed by atoms with E-state index in [4.69, 9.17) is 20.4 Å². The minimum absolute atomic E-state index is 0.103. The molecule has 0 aliphatic heterocycles. The first-order valence-corrected chi connectivity index (χ1v) is 5.37. The first-order chi connectivity index (χ1) is 10.0. The van der Waals surface area contributed by atoms with E-state index in [9.17, 15) is 10.1 Å². The number of hydrogen-bond donors (Lipinski definition) is 3. The number of methoxy groups -OCH3 is 2. The van der Waals surface area contributed by atoms with Crippen molar-refractivity contribution in [3.8, 4) is 17.2 Å². The number of benzene rings is 1. The average Bonchev–Trinajstić information content (AvgIpc) is 2.47. The summed E-state index contributed by atoms with van der Waals surface area (Å²) in [4.78, 5) is 15.0. The summed E-state index contributed by atoms with van der Waals surface area (Å²) in [6.07, 6.45) is 1.10. The first-order valence-electron chi connectivity index (χ1n) is 5.37. The number of hydrogen-bond acceptors (Lipinski definition) is 8. The second-order valence-electron chi connectivity index (χ2n) is 3.37. The Balaban J connectivity index is 3.33. The highest BCUT2D eigenvalue weighted by Gasteiger charge is 2.17. The minimum atomic E-state index is -0.998. The lowest BCUT2D eigenvalue weighted by Crippen LogP contribution is -2.27. The molecule has 0 saturated carbocycles. The molecule has 0 heterocycles. The Morgan fingerprint density at radius 1 is 1.43 bits per heavy atom. The Bertz CT molecular complexity index is 573. The molecule has 0 aliphatic carbocycles. The molecule has 0 aliphatic rings. The standard InChI is InChI=1S/C10H13N5O6/c1-19-7-3-4-8(20-2)9(21-15(17)18)6(7)5-12-13-10(11)14-16/h3-5,16H,1-2H3,(H3,11,13,14). The summed E-state index contributed by atoms with van der Waals surface area (Å²) in [6, 6.07) is 2.94. The van der Waals surface area contributed by atoms with Gasteiger partial charge in [0.15, 0.2) is 5.75 Å². The summed E-state index contributed by atoms with van der Waals surface area (Å²) in [5, 5.41) is 24.9. The number of nitrogens with one attached hydrogen (secondary N) is 1. The normalized spacial score (nSPS) is 11.3. The molecule has 0 amide bonds. The van der Waals surface area contributed by atoms with Gasteiger partial charge in [0, 0.05) is 0 Å². The van der Waals surface area contributed by atoms with Crippen LogP contribution >= 0.6 is 0 Å². The molecule has 0 radical (unpaired) electrons. The van der Waals surface area contributed by atoms with Crippen LogP contribution < -0.4 is 25.5 Å². The molecule has 11 heteroatoms. The fourth-order valence-electron chi connectivity index (χ4n) is 1.36. The van der Waals surface area contributed by atoms with Gasteiger partial charge in [-0.05, 0) is 12.1 Å². The highest BCUT2D eigenvalue weighted by molar-refractivity contribution is 5.89. The van der Waals surface area contributed by atoms with E-state index in [1.165, 1.54) is 26.4 Å². The molecular weight excluding hydrogens is 286 g/mol. The summed E-state index contributed by atoms with van der Waals surface area (Å²) in [5.74, 6) is -0.241. The fraction of sp³-hybridized carbons (Fsp3) is 0.200. The van der Waals surface area contributed by atoms with E-state index in [1.807, 2.05) is 0 Å². The highest BCUT2D eigenvalue weighted by atomic mass is 17.0. The summed E-state index contributed by atoms with van der Waals surface area (Å²) in [7, 11) is 2.68. The smallest absolute Gasteiger partial charge is 0.299 e. The maximum absolute atomic E-state index is 10.6. The van der Waals surface area contributed by atoms with Crippen LogP contribution in [0.1, 0.15) is 5.56 Å². The molecular formula is C10H13N5O6. The van der Waals surface area contributed by atoms with Crippen molar-refractivity contribution in [1.29, 1.82) is 0 Å². The fourth-order valence-corrected chi connectivity index (χ4v) is 1.36. The van der Waals surface area contributed by atoms with Gasteiger partial charge in [-0.1, -0.05) is 0 Å². The molecule has 0 aromatic heterocycles. The largest absolute Gasteiger partial charge is 0.496 e. The topological polar surface area (TPSA) is 154 Å². The van der Waals surface area contributed by atoms with Crippen molar-refractivity contribution in [2.75, 3.05) is 14.2 Å². The quantitative estimate of drug-likeness (QED) is 0.285. The van der Waals surface area contributed by atoms with Gasteiger partial charge in [-0.25, -0.2) is 5.48 Å². The zero-order chi connectivity index (χ0) is 15.8. The van der Waals surface area contributed by atoms with Crippen molar-refractivity contribution in [2.45, 2.75) is 0 Å². The third-order valence-corrected chi connectivity index (χ3v) is 2.19. The third-order valence-electron chi connectivity index (χ3n) is 2.19. The zero-order valence-corrected chi connectivity index (χ0v) is 11.1. The van der Waals surface area contributed by atoms with Crippen LogP contribution in [0.4, 0.5) is 0 Å². The van der Waals surface area contributed by atoms with Gasteiger partial charge >= 0.3 is 0 Å². The summed E-state index contributed by atoms with van der Waals surface area (Å²) in [5.41, 5.74) is 6.84. The Kier molecular flexibility index (Phi) is 5.70. The van der Waals surface area contributed by atoms with Gasteiger partial charge in [0.25, 0.3) is 5.09 Å². The van der Waals surface area contributed by atoms with Gasteiger partial charge < -0.3 is 15.2 Å². The summed E-state index contributed by atoms with van der Waals surface area (Å²) >= 11 is 0. The lowest BCUT2D eigenvalue weighted by atomic mass is 10.2. The van der Waals surface area contributed by atoms with E-state index in [0.29, 0.717) is 0 Å². The van der Waals surface area contributed by atoms with Crippen LogP contribution in [-0.2, 0) is 0 Å². The number of nitrogens with two attached hydrogens (primary N) is 1. The van der Waals surface area contributed by atoms with Gasteiger partial charge in [0.2, 0.25) is 5.96 Å². The van der Waals surface area contributed by atoms with Gasteiger partial charge in [-0.2, -0.15) is 5.10 Å². The Hall–Kier alpha value is -3.08. The predicted octanol–water partition coefficient (Wildman–Crippen LogP) is -0.0983. The van der Waals surface area contributed by atoms with E-state index >= 15 is 0 Å². The van der Waals surface area contributed by atoms with Crippen LogP contribution in [0.3, 0.4) is 0 Å². The monoisotopic (exact) mass is 299 g/mol. The molecule has 0 fully saturated rings. The Morgan fingerprint density at radius 2 is 2.05 bits per heavy atom. The highest BCUT2D eigenvalue weighted by Crippen LogP contribution is 2.36. The van der Waals surface area contributed by atoms with Crippen molar-refractivity contribution in [1.82, 2.24) is 5.48 Å². The molecule has 0 bridgehead atoms. The van der Waals surface area contributed by atoms with E-state index in [-0.39, 0.29) is 28.8 Å². The summed E-state index contributed by atoms with van der Waals surface area (Å²) in [6.45, 7) is 0. The molecule has 21 heavy (non-hydrogen) atoms. The van der Waals surface area contributed by atoms with Crippen molar-refractivity contribution in [3.63, 3.8) is 0 Å². The van der Waals surface area contributed by atoms with Crippen molar-refractivity contribution < 1.29 is 24.6 Å². The number of nitrogens with zero attached hydrogens (tertiary/aromatic N) is 3. The Labute approximate surface area is 118 Å². The number of rotatable bonds is 6. The van der Waals surface area contributed by atoms with Crippen LogP contribution in [0.25, 0.3) is 0 Å². The van der Waals surface area contributed by atoms with Crippen molar-refractivity contribution in [3.05, 3.63) is 27.8 Å². The lowest BCUT2D eigenvalue weighted by Gasteiger charge is -2.12. The van der Waals surface area contributed by atoms with Crippen molar-refractivity contribution >= 4 is 12.2 Å². The molecule has 0 unspecified atom stereocenters. The van der Waals surface area contributed by atoms with E-state index in [0.717, 1.165) is 6.21 Å². The van der Waals surface area contributed by atoms with Crippen LogP contribution in [0, 0.1) is 10.1 Å². The SMILES string of the molecule is COc1ccc(OC)c(O[N+](=O)[O-])c1C=NN=C(N)NO. The van der Waals surface area contributed by atoms with Crippen LogP contribution in [-0.4, -0.2) is 36.7 Å². The van der Waals surface area contributed by atoms with E-state index in [1.54, 1.807) is 5.48 Å². The number of ether oxygens (including phenoxy) is 2. The molecule has 0 spiro atoms. The van der Waals surface area contributed by atoms with Gasteiger partial charge in [0.05, 0.1) is 26.0 Å². The molecule has 11 nitrogen and oxygen atoms in total. The van der Waals surface area contributed by atoms with Gasteiger partial charge in [-0.15, -0.1) is 15.2 Å². The molecule has 1 rings (SSSR count). The lowest BCUT2D eigenvalue weighted by molar-refractivity contribution is -0.711. The molecule has 4 N–H and O–H groups in total. The zero-order valence-electron chi connectivity index (χ0n) is 11.1. The van der Waals surface area contributed by atoms with Crippen LogP contribution in [0.15, 0.2) is 22.3 Å². The number of guanidine groups is 1. The average molecular weight is 299 g/mol. The summed E-state index contributed by atoms with van der Waals surface area (Å²) < 4.78 is 10.0. The van der Waals surface area contributed by atoms with Gasteiger partial charge in [-0.3, -0.25) is 10.0 Å². The van der Waals surface area contributed by atoms with Gasteiger partial charge in [0.1, 0.15) is 11.5 Å². The first kappa shape index (κ1) is 16.0. The predicted molar refractivity (Wildman–Crippen MR) is 71.3 cm³/mol. The second kappa shape index (κ2) is 7.49. The van der Waals surface area contributed by atoms with Crippen molar-refractivity contribution in [2.24, 2.45) is 15.9 Å². The minimum Gasteiger partial charge on any atom is -0.496 e. The maximum Gasteiger partial charge on any atom is 0.299 e. The number of hydroxylamine groups is 1. The Morgan fingerprint density at radius 3 is 2.57 bits per heavy atom.